The number of halogens is 1. The highest BCUT2D eigenvalue weighted by Gasteiger charge is 2.01. The molecule has 0 aliphatic carbocycles. The molecule has 0 amide bonds. The Kier molecular flexibility index (Phi) is 6.03. The number of nitrogens with one attached hydrogen (secondary N) is 1. The van der Waals surface area contributed by atoms with Crippen LogP contribution in [0.1, 0.15) is 24.5 Å². The molecule has 0 saturated carbocycles. The molecule has 3 heteroatoms. The standard InChI is InChI=1S/C13H20BrNO/c1-10(5-6-16)8-15-9-12-3-4-13(14)11(2)7-12/h3-4,7,10,15-16H,5-6,8-9H2,1-2H3. The molecular formula is C13H20BrNO. The lowest BCUT2D eigenvalue weighted by molar-refractivity contribution is 0.260. The molecule has 2 nitrogen and oxygen atoms in total. The number of hydrogen-bond acceptors (Lipinski definition) is 2. The predicted octanol–water partition coefficient (Wildman–Crippen LogP) is 2.87. The van der Waals surface area contributed by atoms with Crippen LogP contribution in [-0.4, -0.2) is 18.3 Å². The molecule has 1 aromatic carbocycles. The van der Waals surface area contributed by atoms with Crippen LogP contribution < -0.4 is 5.32 Å². The van der Waals surface area contributed by atoms with Gasteiger partial charge >= 0.3 is 0 Å². The third-order valence-electron chi connectivity index (χ3n) is 2.67. The molecule has 0 saturated heterocycles. The summed E-state index contributed by atoms with van der Waals surface area (Å²) in [7, 11) is 0. The van der Waals surface area contributed by atoms with Crippen molar-refractivity contribution in [3.05, 3.63) is 33.8 Å². The average molecular weight is 286 g/mol. The van der Waals surface area contributed by atoms with Crippen LogP contribution in [0.15, 0.2) is 22.7 Å². The Balaban J connectivity index is 2.34. The Morgan fingerprint density at radius 3 is 2.81 bits per heavy atom. The van der Waals surface area contributed by atoms with Gasteiger partial charge in [0.2, 0.25) is 0 Å². The molecule has 0 spiro atoms. The molecule has 0 aliphatic heterocycles. The Bertz CT molecular complexity index is 328. The van der Waals surface area contributed by atoms with Gasteiger partial charge in [-0.15, -0.1) is 0 Å². The monoisotopic (exact) mass is 285 g/mol. The first-order chi connectivity index (χ1) is 7.63. The molecule has 0 radical (unpaired) electrons. The normalized spacial score (nSPS) is 12.8. The molecule has 0 aliphatic rings. The van der Waals surface area contributed by atoms with Gasteiger partial charge in [-0.1, -0.05) is 35.0 Å². The number of aliphatic hydroxyl groups is 1. The van der Waals surface area contributed by atoms with Gasteiger partial charge in [0.1, 0.15) is 0 Å². The first-order valence-electron chi connectivity index (χ1n) is 5.70. The van der Waals surface area contributed by atoms with Crippen molar-refractivity contribution in [3.63, 3.8) is 0 Å². The fraction of sp³-hybridized carbons (Fsp3) is 0.538. The summed E-state index contributed by atoms with van der Waals surface area (Å²) in [5, 5.41) is 12.2. The first kappa shape index (κ1) is 13.7. The van der Waals surface area contributed by atoms with Crippen molar-refractivity contribution in [1.29, 1.82) is 0 Å². The Hall–Kier alpha value is -0.380. The lowest BCUT2D eigenvalue weighted by Crippen LogP contribution is -2.21. The molecule has 16 heavy (non-hydrogen) atoms. The van der Waals surface area contributed by atoms with Crippen molar-refractivity contribution >= 4 is 15.9 Å². The Morgan fingerprint density at radius 1 is 1.44 bits per heavy atom. The molecule has 0 bridgehead atoms. The Morgan fingerprint density at radius 2 is 2.19 bits per heavy atom. The third kappa shape index (κ3) is 4.64. The van der Waals surface area contributed by atoms with E-state index in [0.29, 0.717) is 5.92 Å². The van der Waals surface area contributed by atoms with Gasteiger partial charge < -0.3 is 10.4 Å². The largest absolute Gasteiger partial charge is 0.396 e. The smallest absolute Gasteiger partial charge is 0.0434 e. The molecular weight excluding hydrogens is 266 g/mol. The van der Waals surface area contributed by atoms with Crippen LogP contribution in [0.2, 0.25) is 0 Å². The molecule has 0 aromatic heterocycles. The van der Waals surface area contributed by atoms with Crippen LogP contribution in [0.5, 0.6) is 0 Å². The van der Waals surface area contributed by atoms with Crippen molar-refractivity contribution in [1.82, 2.24) is 5.32 Å². The van der Waals surface area contributed by atoms with E-state index in [2.05, 4.69) is 53.3 Å². The fourth-order valence-electron chi connectivity index (χ4n) is 1.60. The van der Waals surface area contributed by atoms with Crippen LogP contribution in [0.3, 0.4) is 0 Å². The molecule has 2 N–H and O–H groups in total. The predicted molar refractivity (Wildman–Crippen MR) is 71.5 cm³/mol. The minimum atomic E-state index is 0.278. The van der Waals surface area contributed by atoms with E-state index in [9.17, 15) is 0 Å². The number of hydrogen-bond donors (Lipinski definition) is 2. The zero-order valence-corrected chi connectivity index (χ0v) is 11.5. The zero-order valence-electron chi connectivity index (χ0n) is 9.96. The van der Waals surface area contributed by atoms with Crippen LogP contribution >= 0.6 is 15.9 Å². The molecule has 90 valence electrons. The van der Waals surface area contributed by atoms with Crippen LogP contribution in [0.25, 0.3) is 0 Å². The molecule has 0 heterocycles. The third-order valence-corrected chi connectivity index (χ3v) is 3.56. The van der Waals surface area contributed by atoms with Gasteiger partial charge in [-0.25, -0.2) is 0 Å². The van der Waals surface area contributed by atoms with E-state index in [0.717, 1.165) is 24.0 Å². The van der Waals surface area contributed by atoms with Crippen molar-refractivity contribution in [2.45, 2.75) is 26.8 Å². The molecule has 1 atom stereocenters. The van der Waals surface area contributed by atoms with Gasteiger partial charge in [-0.2, -0.15) is 0 Å². The summed E-state index contributed by atoms with van der Waals surface area (Å²) in [4.78, 5) is 0. The number of rotatable bonds is 6. The highest BCUT2D eigenvalue weighted by Crippen LogP contribution is 2.16. The minimum absolute atomic E-state index is 0.278. The van der Waals surface area contributed by atoms with Gasteiger partial charge in [-0.05, 0) is 43.0 Å². The number of aryl methyl sites for hydroxylation is 1. The average Bonchev–Trinajstić information content (AvgIpc) is 2.24. The summed E-state index contributed by atoms with van der Waals surface area (Å²) in [6.07, 6.45) is 0.867. The van der Waals surface area contributed by atoms with Crippen molar-refractivity contribution in [2.75, 3.05) is 13.2 Å². The summed E-state index contributed by atoms with van der Waals surface area (Å²) < 4.78 is 1.16. The van der Waals surface area contributed by atoms with Crippen LogP contribution in [0, 0.1) is 12.8 Å². The van der Waals surface area contributed by atoms with Gasteiger partial charge in [0.25, 0.3) is 0 Å². The second-order valence-electron chi connectivity index (χ2n) is 4.33. The molecule has 1 rings (SSSR count). The quantitative estimate of drug-likeness (QED) is 0.843. The maximum Gasteiger partial charge on any atom is 0.0434 e. The molecule has 1 aromatic rings. The zero-order chi connectivity index (χ0) is 12.0. The number of aliphatic hydroxyl groups excluding tert-OH is 1. The number of benzene rings is 1. The summed E-state index contributed by atoms with van der Waals surface area (Å²) >= 11 is 3.49. The van der Waals surface area contributed by atoms with E-state index >= 15 is 0 Å². The first-order valence-corrected chi connectivity index (χ1v) is 6.49. The lowest BCUT2D eigenvalue weighted by atomic mass is 10.1. The van der Waals surface area contributed by atoms with Gasteiger partial charge in [0.15, 0.2) is 0 Å². The van der Waals surface area contributed by atoms with E-state index in [4.69, 9.17) is 5.11 Å². The van der Waals surface area contributed by atoms with Crippen LogP contribution in [-0.2, 0) is 6.54 Å². The summed E-state index contributed by atoms with van der Waals surface area (Å²) in [5.74, 6) is 0.529. The SMILES string of the molecule is Cc1cc(CNCC(C)CCO)ccc1Br. The van der Waals surface area contributed by atoms with Gasteiger partial charge in [-0.3, -0.25) is 0 Å². The van der Waals surface area contributed by atoms with Crippen molar-refractivity contribution in [2.24, 2.45) is 5.92 Å². The topological polar surface area (TPSA) is 32.3 Å². The Labute approximate surface area is 106 Å². The molecule has 0 fully saturated rings. The van der Waals surface area contributed by atoms with E-state index in [1.165, 1.54) is 11.1 Å². The maximum atomic E-state index is 8.79. The van der Waals surface area contributed by atoms with Crippen molar-refractivity contribution in [3.8, 4) is 0 Å². The second-order valence-corrected chi connectivity index (χ2v) is 5.19. The maximum absolute atomic E-state index is 8.79. The fourth-order valence-corrected chi connectivity index (χ4v) is 1.85. The summed E-state index contributed by atoms with van der Waals surface area (Å²) in [6, 6.07) is 6.40. The van der Waals surface area contributed by atoms with E-state index < -0.39 is 0 Å². The van der Waals surface area contributed by atoms with Crippen molar-refractivity contribution < 1.29 is 5.11 Å². The summed E-state index contributed by atoms with van der Waals surface area (Å²) in [6.45, 7) is 6.37. The van der Waals surface area contributed by atoms with E-state index in [-0.39, 0.29) is 6.61 Å². The highest BCUT2D eigenvalue weighted by atomic mass is 79.9. The van der Waals surface area contributed by atoms with E-state index in [1.807, 2.05) is 0 Å². The lowest BCUT2D eigenvalue weighted by Gasteiger charge is -2.11. The minimum Gasteiger partial charge on any atom is -0.396 e. The van der Waals surface area contributed by atoms with Crippen LogP contribution in [0.4, 0.5) is 0 Å². The molecule has 1 unspecified atom stereocenters. The highest BCUT2D eigenvalue weighted by molar-refractivity contribution is 9.10. The van der Waals surface area contributed by atoms with Gasteiger partial charge in [0, 0.05) is 17.6 Å². The second kappa shape index (κ2) is 7.05. The summed E-state index contributed by atoms with van der Waals surface area (Å²) in [5.41, 5.74) is 2.57. The van der Waals surface area contributed by atoms with Gasteiger partial charge in [0.05, 0.1) is 0 Å². The van der Waals surface area contributed by atoms with E-state index in [1.54, 1.807) is 0 Å².